The maximum Gasteiger partial charge on any atom is 0.405 e. The Morgan fingerprint density at radius 1 is 1.44 bits per heavy atom. The van der Waals surface area contributed by atoms with Crippen LogP contribution in [0.15, 0.2) is 10.6 Å². The molecule has 0 spiro atoms. The number of aromatic nitrogens is 1. The van der Waals surface area contributed by atoms with Crippen LogP contribution in [0.25, 0.3) is 0 Å². The third-order valence-electron chi connectivity index (χ3n) is 2.71. The van der Waals surface area contributed by atoms with Gasteiger partial charge in [0.1, 0.15) is 5.76 Å². The fourth-order valence-electron chi connectivity index (χ4n) is 1.71. The van der Waals surface area contributed by atoms with Gasteiger partial charge in [0.2, 0.25) is 5.89 Å². The molecule has 1 saturated heterocycles. The van der Waals surface area contributed by atoms with Gasteiger partial charge >= 0.3 is 6.09 Å². The minimum atomic E-state index is -1.18. The molecule has 0 aromatic carbocycles. The van der Waals surface area contributed by atoms with E-state index in [1.807, 2.05) is 0 Å². The first-order valence-corrected chi connectivity index (χ1v) is 5.55. The predicted octanol–water partition coefficient (Wildman–Crippen LogP) is 1.23. The Morgan fingerprint density at radius 2 is 2.06 bits per heavy atom. The molecule has 0 atom stereocenters. The summed E-state index contributed by atoms with van der Waals surface area (Å²) >= 11 is 0. The Hall–Kier alpha value is -1.60. The Labute approximate surface area is 104 Å². The van der Waals surface area contributed by atoms with E-state index in [1.165, 1.54) is 6.20 Å². The van der Waals surface area contributed by atoms with Crippen LogP contribution in [0.3, 0.4) is 0 Å². The zero-order valence-corrected chi connectivity index (χ0v) is 10.5. The van der Waals surface area contributed by atoms with Gasteiger partial charge in [0, 0.05) is 0 Å². The highest BCUT2D eigenvalue weighted by Gasteiger charge is 2.46. The lowest BCUT2D eigenvalue weighted by Crippen LogP contribution is -2.58. The Kier molecular flexibility index (Phi) is 3.04. The van der Waals surface area contributed by atoms with Gasteiger partial charge in [0.15, 0.2) is 11.3 Å². The van der Waals surface area contributed by atoms with Crippen molar-refractivity contribution in [3.63, 3.8) is 0 Å². The van der Waals surface area contributed by atoms with Crippen LogP contribution in [-0.4, -0.2) is 35.2 Å². The largest absolute Gasteiger partial charge is 0.465 e. The van der Waals surface area contributed by atoms with Crippen LogP contribution in [0, 0.1) is 6.92 Å². The molecule has 0 radical (unpaired) electrons. The number of hydrogen-bond acceptors (Lipinski definition) is 5. The van der Waals surface area contributed by atoms with Crippen molar-refractivity contribution in [3.8, 4) is 0 Å². The molecule has 1 amide bonds. The number of carboxylic acid groups (broad SMARTS) is 1. The zero-order valence-electron chi connectivity index (χ0n) is 10.5. The topological polar surface area (TPSA) is 93.8 Å². The molecule has 2 N–H and O–H groups in total. The first-order valence-electron chi connectivity index (χ1n) is 5.55. The van der Waals surface area contributed by atoms with Crippen molar-refractivity contribution < 1.29 is 23.8 Å². The van der Waals surface area contributed by atoms with Gasteiger partial charge in [-0.25, -0.2) is 9.78 Å². The second kappa shape index (κ2) is 4.25. The summed E-state index contributed by atoms with van der Waals surface area (Å²) in [4.78, 5) is 15.0. The highest BCUT2D eigenvalue weighted by atomic mass is 16.7. The summed E-state index contributed by atoms with van der Waals surface area (Å²) in [5.41, 5.74) is -1.10. The Bertz CT molecular complexity index is 444. The van der Waals surface area contributed by atoms with Crippen molar-refractivity contribution in [2.24, 2.45) is 0 Å². The van der Waals surface area contributed by atoms with Gasteiger partial charge in [0.05, 0.1) is 19.4 Å². The minimum absolute atomic E-state index is 0.103. The second-order valence-electron chi connectivity index (χ2n) is 4.77. The normalized spacial score (nSPS) is 21.5. The van der Waals surface area contributed by atoms with Gasteiger partial charge < -0.3 is 24.3 Å². The molecule has 1 aromatic rings. The lowest BCUT2D eigenvalue weighted by atomic mass is 10.0. The summed E-state index contributed by atoms with van der Waals surface area (Å²) in [6.45, 7) is 5.47. The zero-order chi connectivity index (χ0) is 13.4. The summed E-state index contributed by atoms with van der Waals surface area (Å²) in [5, 5.41) is 11.3. The first kappa shape index (κ1) is 12.8. The van der Waals surface area contributed by atoms with E-state index in [0.29, 0.717) is 5.76 Å². The molecule has 7 heteroatoms. The highest BCUT2D eigenvalue weighted by Crippen LogP contribution is 2.30. The van der Waals surface area contributed by atoms with Crippen LogP contribution in [0.2, 0.25) is 0 Å². The highest BCUT2D eigenvalue weighted by molar-refractivity contribution is 5.66. The molecule has 0 unspecified atom stereocenters. The van der Waals surface area contributed by atoms with Crippen molar-refractivity contribution in [1.29, 1.82) is 0 Å². The number of oxazole rings is 1. The molecule has 0 saturated carbocycles. The smallest absolute Gasteiger partial charge is 0.405 e. The quantitative estimate of drug-likeness (QED) is 0.826. The van der Waals surface area contributed by atoms with Gasteiger partial charge in [-0.1, -0.05) is 0 Å². The van der Waals surface area contributed by atoms with E-state index in [0.717, 1.165) is 0 Å². The fraction of sp³-hybridized carbons (Fsp3) is 0.636. The van der Waals surface area contributed by atoms with E-state index >= 15 is 0 Å². The SMILES string of the molecule is Cc1cnc(C2(NC(=O)O)COC(C)(C)OC2)o1. The van der Waals surface area contributed by atoms with Crippen molar-refractivity contribution in [3.05, 3.63) is 17.8 Å². The van der Waals surface area contributed by atoms with Crippen molar-refractivity contribution >= 4 is 6.09 Å². The molecule has 0 aliphatic carbocycles. The number of nitrogens with zero attached hydrogens (tertiary/aromatic N) is 1. The molecule has 2 heterocycles. The molecular formula is C11H16N2O5. The summed E-state index contributed by atoms with van der Waals surface area (Å²) in [5.74, 6) is 0.102. The number of aryl methyl sites for hydroxylation is 1. The molecule has 7 nitrogen and oxygen atoms in total. The lowest BCUT2D eigenvalue weighted by molar-refractivity contribution is -0.275. The van der Waals surface area contributed by atoms with Crippen LogP contribution >= 0.6 is 0 Å². The van der Waals surface area contributed by atoms with Gasteiger partial charge in [-0.15, -0.1) is 0 Å². The summed E-state index contributed by atoms with van der Waals surface area (Å²) in [6, 6.07) is 0. The maximum atomic E-state index is 10.9. The van der Waals surface area contributed by atoms with Crippen LogP contribution in [-0.2, 0) is 15.0 Å². The number of carbonyl (C=O) groups is 1. The van der Waals surface area contributed by atoms with Crippen molar-refractivity contribution in [2.45, 2.75) is 32.1 Å². The molecule has 2 rings (SSSR count). The van der Waals surface area contributed by atoms with E-state index in [-0.39, 0.29) is 19.1 Å². The molecule has 0 bridgehead atoms. The van der Waals surface area contributed by atoms with Gasteiger partial charge in [-0.05, 0) is 20.8 Å². The molecule has 1 aliphatic heterocycles. The van der Waals surface area contributed by atoms with Gasteiger partial charge in [0.25, 0.3) is 0 Å². The Balaban J connectivity index is 2.28. The molecule has 1 aromatic heterocycles. The van der Waals surface area contributed by atoms with Crippen molar-refractivity contribution in [1.82, 2.24) is 10.3 Å². The molecule has 18 heavy (non-hydrogen) atoms. The van der Waals surface area contributed by atoms with Crippen LogP contribution in [0.4, 0.5) is 4.79 Å². The molecule has 1 aliphatic rings. The summed E-state index contributed by atoms with van der Waals surface area (Å²) in [6.07, 6.45) is 0.346. The number of ether oxygens (including phenoxy) is 2. The lowest BCUT2D eigenvalue weighted by Gasteiger charge is -2.41. The average Bonchev–Trinajstić information content (AvgIpc) is 2.69. The van der Waals surface area contributed by atoms with Gasteiger partial charge in [-0.2, -0.15) is 0 Å². The van der Waals surface area contributed by atoms with Crippen LogP contribution in [0.1, 0.15) is 25.5 Å². The van der Waals surface area contributed by atoms with Crippen LogP contribution in [0.5, 0.6) is 0 Å². The first-order chi connectivity index (χ1) is 8.33. The van der Waals surface area contributed by atoms with Gasteiger partial charge in [-0.3, -0.25) is 0 Å². The standard InChI is InChI=1S/C11H16N2O5/c1-7-4-12-8(18-7)11(13-9(14)15)5-16-10(2,3)17-6-11/h4,13H,5-6H2,1-3H3,(H,14,15). The van der Waals surface area contributed by atoms with E-state index in [9.17, 15) is 4.79 Å². The third-order valence-corrected chi connectivity index (χ3v) is 2.71. The Morgan fingerprint density at radius 3 is 2.50 bits per heavy atom. The fourth-order valence-corrected chi connectivity index (χ4v) is 1.71. The van der Waals surface area contributed by atoms with E-state index in [1.54, 1.807) is 20.8 Å². The van der Waals surface area contributed by atoms with Crippen LogP contribution < -0.4 is 5.32 Å². The maximum absolute atomic E-state index is 10.9. The third kappa shape index (κ3) is 2.46. The van der Waals surface area contributed by atoms with E-state index in [4.69, 9.17) is 19.0 Å². The van der Waals surface area contributed by atoms with Crippen molar-refractivity contribution in [2.75, 3.05) is 13.2 Å². The van der Waals surface area contributed by atoms with E-state index in [2.05, 4.69) is 10.3 Å². The van der Waals surface area contributed by atoms with E-state index < -0.39 is 17.4 Å². The molecular weight excluding hydrogens is 240 g/mol. The number of rotatable bonds is 2. The summed E-state index contributed by atoms with van der Waals surface area (Å²) < 4.78 is 16.4. The average molecular weight is 256 g/mol. The number of hydrogen-bond donors (Lipinski definition) is 2. The molecule has 100 valence electrons. The summed E-state index contributed by atoms with van der Waals surface area (Å²) in [7, 11) is 0. The molecule has 1 fully saturated rings. The monoisotopic (exact) mass is 256 g/mol. The minimum Gasteiger partial charge on any atom is -0.465 e. The number of nitrogens with one attached hydrogen (secondary N) is 1. The number of amides is 1. The second-order valence-corrected chi connectivity index (χ2v) is 4.77. The predicted molar refractivity (Wildman–Crippen MR) is 60.1 cm³/mol.